The fraction of sp³-hybridized carbons (Fsp3) is 0.333. The molecule has 1 heterocycles. The Kier molecular flexibility index (Phi) is 9.50. The van der Waals surface area contributed by atoms with Crippen molar-refractivity contribution >= 4 is 48.2 Å². The highest BCUT2D eigenvalue weighted by Gasteiger charge is 2.20. The lowest BCUT2D eigenvalue weighted by atomic mass is 10.1. The van der Waals surface area contributed by atoms with Gasteiger partial charge in [-0.2, -0.15) is 0 Å². The van der Waals surface area contributed by atoms with E-state index in [1.807, 2.05) is 23.9 Å². The van der Waals surface area contributed by atoms with Crippen LogP contribution in [-0.2, 0) is 0 Å². The standard InChI is InChI=1S/C18H21ClN2S.2ClH/c1-14(21-12-10-20-11-13-21)17-4-2-3-5-18(17)22-16-8-6-15(19)7-9-16;;/h2-9,14,20H,10-13H2,1H3;2*1H/t14-;;/m1../s1. The second kappa shape index (κ2) is 10.5. The molecule has 24 heavy (non-hydrogen) atoms. The molecule has 0 spiro atoms. The predicted molar refractivity (Wildman–Crippen MR) is 109 cm³/mol. The molecule has 0 unspecified atom stereocenters. The van der Waals surface area contributed by atoms with E-state index >= 15 is 0 Å². The van der Waals surface area contributed by atoms with Gasteiger partial charge in [-0.25, -0.2) is 0 Å². The summed E-state index contributed by atoms with van der Waals surface area (Å²) in [6.45, 7) is 6.70. The molecule has 1 atom stereocenters. The van der Waals surface area contributed by atoms with Crippen molar-refractivity contribution < 1.29 is 0 Å². The van der Waals surface area contributed by atoms with Crippen molar-refractivity contribution in [2.24, 2.45) is 0 Å². The first-order valence-corrected chi connectivity index (χ1v) is 8.90. The maximum absolute atomic E-state index is 5.98. The maximum Gasteiger partial charge on any atom is 0.0406 e. The van der Waals surface area contributed by atoms with Crippen LogP contribution in [0.25, 0.3) is 0 Å². The summed E-state index contributed by atoms with van der Waals surface area (Å²) >= 11 is 7.79. The molecule has 0 radical (unpaired) electrons. The Bertz CT molecular complexity index is 616. The molecule has 1 saturated heterocycles. The topological polar surface area (TPSA) is 15.3 Å². The highest BCUT2D eigenvalue weighted by Crippen LogP contribution is 2.35. The minimum atomic E-state index is 0. The molecule has 132 valence electrons. The molecule has 1 aliphatic heterocycles. The lowest BCUT2D eigenvalue weighted by molar-refractivity contribution is 0.184. The molecule has 0 saturated carbocycles. The zero-order chi connectivity index (χ0) is 15.4. The molecule has 3 rings (SSSR count). The summed E-state index contributed by atoms with van der Waals surface area (Å²) in [7, 11) is 0. The minimum Gasteiger partial charge on any atom is -0.314 e. The van der Waals surface area contributed by atoms with E-state index in [0.29, 0.717) is 6.04 Å². The summed E-state index contributed by atoms with van der Waals surface area (Å²) in [6, 6.07) is 17.2. The van der Waals surface area contributed by atoms with Crippen LogP contribution in [0.15, 0.2) is 58.3 Å². The van der Waals surface area contributed by atoms with Gasteiger partial charge in [0.1, 0.15) is 0 Å². The average Bonchev–Trinajstić information content (AvgIpc) is 2.58. The second-order valence-electron chi connectivity index (χ2n) is 5.56. The van der Waals surface area contributed by atoms with E-state index in [-0.39, 0.29) is 24.8 Å². The third kappa shape index (κ3) is 5.55. The summed E-state index contributed by atoms with van der Waals surface area (Å²) in [5.41, 5.74) is 1.41. The van der Waals surface area contributed by atoms with E-state index in [1.54, 1.807) is 0 Å². The predicted octanol–water partition coefficient (Wildman–Crippen LogP) is 5.30. The first kappa shape index (κ1) is 21.6. The van der Waals surface area contributed by atoms with Crippen LogP contribution in [-0.4, -0.2) is 31.1 Å². The Balaban J connectivity index is 0.00000144. The van der Waals surface area contributed by atoms with E-state index in [2.05, 4.69) is 53.5 Å². The van der Waals surface area contributed by atoms with E-state index in [4.69, 9.17) is 11.6 Å². The smallest absolute Gasteiger partial charge is 0.0406 e. The van der Waals surface area contributed by atoms with Crippen molar-refractivity contribution in [1.82, 2.24) is 10.2 Å². The molecule has 1 aliphatic rings. The third-order valence-electron chi connectivity index (χ3n) is 4.11. The van der Waals surface area contributed by atoms with Crippen molar-refractivity contribution in [2.45, 2.75) is 22.8 Å². The van der Waals surface area contributed by atoms with Crippen LogP contribution in [0, 0.1) is 0 Å². The average molecular weight is 406 g/mol. The van der Waals surface area contributed by atoms with Crippen LogP contribution >= 0.6 is 48.2 Å². The summed E-state index contributed by atoms with van der Waals surface area (Å²) in [5.74, 6) is 0. The first-order chi connectivity index (χ1) is 10.7. The molecule has 0 bridgehead atoms. The zero-order valence-corrected chi connectivity index (χ0v) is 16.8. The number of hydrogen-bond donors (Lipinski definition) is 1. The van der Waals surface area contributed by atoms with Gasteiger partial charge in [-0.05, 0) is 42.8 Å². The Labute approximate surface area is 166 Å². The normalized spacial score (nSPS) is 15.9. The SMILES string of the molecule is C[C@H](c1ccccc1Sc1ccc(Cl)cc1)N1CCNCC1.Cl.Cl. The van der Waals surface area contributed by atoms with Gasteiger partial charge in [0, 0.05) is 47.0 Å². The molecule has 0 aromatic heterocycles. The van der Waals surface area contributed by atoms with E-state index < -0.39 is 0 Å². The van der Waals surface area contributed by atoms with Crippen molar-refractivity contribution in [3.63, 3.8) is 0 Å². The third-order valence-corrected chi connectivity index (χ3v) is 5.46. The molecule has 2 aromatic carbocycles. The quantitative estimate of drug-likeness (QED) is 0.743. The van der Waals surface area contributed by atoms with Gasteiger partial charge in [0.05, 0.1) is 0 Å². The molecule has 0 amide bonds. The molecular formula is C18H23Cl3N2S. The lowest BCUT2D eigenvalue weighted by Crippen LogP contribution is -2.44. The van der Waals surface area contributed by atoms with Crippen molar-refractivity contribution in [1.29, 1.82) is 0 Å². The van der Waals surface area contributed by atoms with Gasteiger partial charge in [-0.3, -0.25) is 4.90 Å². The molecule has 6 heteroatoms. The minimum absolute atomic E-state index is 0. The highest BCUT2D eigenvalue weighted by atomic mass is 35.5. The fourth-order valence-electron chi connectivity index (χ4n) is 2.81. The lowest BCUT2D eigenvalue weighted by Gasteiger charge is -2.33. The van der Waals surface area contributed by atoms with Gasteiger partial charge < -0.3 is 5.32 Å². The Morgan fingerprint density at radius 3 is 2.29 bits per heavy atom. The Hall–Kier alpha value is -0.420. The van der Waals surface area contributed by atoms with Crippen molar-refractivity contribution in [3.05, 3.63) is 59.1 Å². The molecule has 1 fully saturated rings. The molecule has 2 nitrogen and oxygen atoms in total. The highest BCUT2D eigenvalue weighted by molar-refractivity contribution is 7.99. The van der Waals surface area contributed by atoms with E-state index in [9.17, 15) is 0 Å². The summed E-state index contributed by atoms with van der Waals surface area (Å²) in [4.78, 5) is 5.11. The monoisotopic (exact) mass is 404 g/mol. The Morgan fingerprint density at radius 2 is 1.62 bits per heavy atom. The van der Waals surface area contributed by atoms with Crippen LogP contribution in [0.1, 0.15) is 18.5 Å². The maximum atomic E-state index is 5.98. The van der Waals surface area contributed by atoms with Gasteiger partial charge in [-0.15, -0.1) is 24.8 Å². The number of piperazine rings is 1. The van der Waals surface area contributed by atoms with Gasteiger partial charge in [0.15, 0.2) is 0 Å². The zero-order valence-electron chi connectivity index (χ0n) is 13.6. The number of nitrogens with zero attached hydrogens (tertiary/aromatic N) is 1. The first-order valence-electron chi connectivity index (χ1n) is 7.71. The van der Waals surface area contributed by atoms with Gasteiger partial charge >= 0.3 is 0 Å². The molecular weight excluding hydrogens is 383 g/mol. The van der Waals surface area contributed by atoms with Crippen LogP contribution < -0.4 is 5.32 Å². The summed E-state index contributed by atoms with van der Waals surface area (Å²) in [5, 5.41) is 4.21. The van der Waals surface area contributed by atoms with Crippen molar-refractivity contribution in [2.75, 3.05) is 26.2 Å². The number of hydrogen-bond acceptors (Lipinski definition) is 3. The number of benzene rings is 2. The van der Waals surface area contributed by atoms with Gasteiger partial charge in [0.2, 0.25) is 0 Å². The fourth-order valence-corrected chi connectivity index (χ4v) is 3.97. The molecule has 1 N–H and O–H groups in total. The van der Waals surface area contributed by atoms with Gasteiger partial charge in [-0.1, -0.05) is 41.6 Å². The van der Waals surface area contributed by atoms with Crippen LogP contribution in [0.3, 0.4) is 0 Å². The van der Waals surface area contributed by atoms with E-state index in [0.717, 1.165) is 31.2 Å². The second-order valence-corrected chi connectivity index (χ2v) is 7.11. The number of halogens is 3. The van der Waals surface area contributed by atoms with Gasteiger partial charge in [0.25, 0.3) is 0 Å². The van der Waals surface area contributed by atoms with Crippen LogP contribution in [0.5, 0.6) is 0 Å². The largest absolute Gasteiger partial charge is 0.314 e. The van der Waals surface area contributed by atoms with Crippen LogP contribution in [0.2, 0.25) is 5.02 Å². The summed E-state index contributed by atoms with van der Waals surface area (Å²) < 4.78 is 0. The summed E-state index contributed by atoms with van der Waals surface area (Å²) in [6.07, 6.45) is 0. The van der Waals surface area contributed by atoms with E-state index in [1.165, 1.54) is 15.4 Å². The molecule has 0 aliphatic carbocycles. The Morgan fingerprint density at radius 1 is 1.00 bits per heavy atom. The van der Waals surface area contributed by atoms with Crippen molar-refractivity contribution in [3.8, 4) is 0 Å². The van der Waals surface area contributed by atoms with Crippen LogP contribution in [0.4, 0.5) is 0 Å². The number of nitrogens with one attached hydrogen (secondary N) is 1. The number of rotatable bonds is 4. The molecule has 2 aromatic rings.